The molecule has 1 atom stereocenters. The molecule has 2 fully saturated rings. The summed E-state index contributed by atoms with van der Waals surface area (Å²) in [5.41, 5.74) is 3.26. The van der Waals surface area contributed by atoms with Crippen LogP contribution < -0.4 is 5.32 Å². The van der Waals surface area contributed by atoms with E-state index < -0.39 is 0 Å². The molecule has 1 aromatic heterocycles. The number of aromatic nitrogens is 2. The minimum Gasteiger partial charge on any atom is -0.379 e. The number of hydrogen-bond acceptors (Lipinski definition) is 5. The summed E-state index contributed by atoms with van der Waals surface area (Å²) in [5, 5.41) is 10.9. The van der Waals surface area contributed by atoms with E-state index in [9.17, 15) is 4.39 Å². The van der Waals surface area contributed by atoms with Gasteiger partial charge in [-0.25, -0.2) is 4.39 Å². The normalized spacial score (nSPS) is 24.2. The molecule has 2 aliphatic heterocycles. The van der Waals surface area contributed by atoms with Crippen molar-refractivity contribution in [3.8, 4) is 11.3 Å². The van der Waals surface area contributed by atoms with Crippen LogP contribution in [0.4, 0.5) is 4.39 Å². The Bertz CT molecular complexity index is 709. The maximum atomic E-state index is 13.2. The van der Waals surface area contributed by atoms with Crippen LogP contribution in [0.15, 0.2) is 30.5 Å². The summed E-state index contributed by atoms with van der Waals surface area (Å²) >= 11 is 2.05. The molecule has 2 N–H and O–H groups in total. The Morgan fingerprint density at radius 2 is 2.08 bits per heavy atom. The summed E-state index contributed by atoms with van der Waals surface area (Å²) < 4.78 is 18.7. The number of halogens is 1. The zero-order valence-electron chi connectivity index (χ0n) is 14.8. The number of hydrogen-bond donors (Lipinski definition) is 2. The third-order valence-corrected chi connectivity index (χ3v) is 6.62. The molecular formula is C19H25FN4OS. The monoisotopic (exact) mass is 376 g/mol. The van der Waals surface area contributed by atoms with E-state index in [0.29, 0.717) is 0 Å². The molecule has 0 radical (unpaired) electrons. The summed E-state index contributed by atoms with van der Waals surface area (Å²) in [6.07, 6.45) is 3.08. The average molecular weight is 377 g/mol. The summed E-state index contributed by atoms with van der Waals surface area (Å²) in [6.45, 7) is 5.43. The number of H-pyrrole nitrogens is 1. The number of benzene rings is 1. The van der Waals surface area contributed by atoms with Gasteiger partial charge in [0.2, 0.25) is 0 Å². The van der Waals surface area contributed by atoms with E-state index in [1.165, 1.54) is 30.1 Å². The highest BCUT2D eigenvalue weighted by Crippen LogP contribution is 2.33. The molecule has 2 aromatic rings. The van der Waals surface area contributed by atoms with Gasteiger partial charge in [-0.3, -0.25) is 10.00 Å². The molecule has 0 spiro atoms. The Morgan fingerprint density at radius 3 is 2.81 bits per heavy atom. The van der Waals surface area contributed by atoms with Crippen LogP contribution in [0.25, 0.3) is 11.3 Å². The third-order valence-electron chi connectivity index (χ3n) is 5.38. The van der Waals surface area contributed by atoms with E-state index in [1.54, 1.807) is 12.1 Å². The lowest BCUT2D eigenvalue weighted by atomic mass is 9.95. The highest BCUT2D eigenvalue weighted by Gasteiger charge is 2.40. The number of rotatable bonds is 6. The van der Waals surface area contributed by atoms with Crippen molar-refractivity contribution in [2.24, 2.45) is 0 Å². The largest absolute Gasteiger partial charge is 0.379 e. The lowest BCUT2D eigenvalue weighted by Crippen LogP contribution is -2.58. The lowest BCUT2D eigenvalue weighted by Gasteiger charge is -2.43. The predicted octanol–water partition coefficient (Wildman–Crippen LogP) is 2.51. The van der Waals surface area contributed by atoms with Gasteiger partial charge in [0, 0.05) is 48.6 Å². The average Bonchev–Trinajstić information content (AvgIpc) is 3.34. The SMILES string of the molecule is Fc1ccc(-c2[nH]ncc2CNC[C@]2(N3CCOCC3)CCSC2)cc1. The van der Waals surface area contributed by atoms with E-state index >= 15 is 0 Å². The van der Waals surface area contributed by atoms with E-state index in [2.05, 4.69) is 20.4 Å². The second-order valence-electron chi connectivity index (χ2n) is 7.01. The zero-order chi connectivity index (χ0) is 17.8. The van der Waals surface area contributed by atoms with Crippen molar-refractivity contribution in [3.05, 3.63) is 41.8 Å². The van der Waals surface area contributed by atoms with Crippen molar-refractivity contribution in [3.63, 3.8) is 0 Å². The molecule has 0 saturated carbocycles. The molecule has 5 nitrogen and oxygen atoms in total. The minimum absolute atomic E-state index is 0.223. The van der Waals surface area contributed by atoms with Crippen LogP contribution in [-0.4, -0.2) is 65.0 Å². The first-order valence-electron chi connectivity index (χ1n) is 9.16. The zero-order valence-corrected chi connectivity index (χ0v) is 15.7. The fourth-order valence-corrected chi connectivity index (χ4v) is 5.35. The van der Waals surface area contributed by atoms with Gasteiger partial charge in [-0.05, 0) is 36.4 Å². The Hall–Kier alpha value is -1.41. The summed E-state index contributed by atoms with van der Waals surface area (Å²) in [7, 11) is 0. The standard InChI is InChI=1S/C19H25FN4OS/c20-17-3-1-15(2-4-17)18-16(12-22-23-18)11-21-13-19(5-10-26-14-19)24-6-8-25-9-7-24/h1-4,12,21H,5-11,13-14H2,(H,22,23)/t19-/m1/s1. The number of ether oxygens (including phenoxy) is 1. The Kier molecular flexibility index (Phi) is 5.59. The number of nitrogens with zero attached hydrogens (tertiary/aromatic N) is 2. The molecule has 2 aliphatic rings. The van der Waals surface area contributed by atoms with Gasteiger partial charge in [-0.15, -0.1) is 0 Å². The Balaban J connectivity index is 1.41. The maximum absolute atomic E-state index is 13.2. The van der Waals surface area contributed by atoms with Gasteiger partial charge >= 0.3 is 0 Å². The first-order valence-corrected chi connectivity index (χ1v) is 10.3. The van der Waals surface area contributed by atoms with Crippen LogP contribution in [0.5, 0.6) is 0 Å². The molecule has 1 aromatic carbocycles. The van der Waals surface area contributed by atoms with Crippen LogP contribution in [0.3, 0.4) is 0 Å². The number of aromatic amines is 1. The highest BCUT2D eigenvalue weighted by molar-refractivity contribution is 7.99. The van der Waals surface area contributed by atoms with E-state index in [-0.39, 0.29) is 11.4 Å². The highest BCUT2D eigenvalue weighted by atomic mass is 32.2. The van der Waals surface area contributed by atoms with Crippen molar-refractivity contribution in [2.45, 2.75) is 18.5 Å². The van der Waals surface area contributed by atoms with Crippen molar-refractivity contribution < 1.29 is 9.13 Å². The van der Waals surface area contributed by atoms with Crippen molar-refractivity contribution in [1.82, 2.24) is 20.4 Å². The van der Waals surface area contributed by atoms with Crippen LogP contribution in [-0.2, 0) is 11.3 Å². The van der Waals surface area contributed by atoms with Gasteiger partial charge in [0.15, 0.2) is 0 Å². The Labute approximate surface area is 157 Å². The van der Waals surface area contributed by atoms with Crippen LogP contribution >= 0.6 is 11.8 Å². The van der Waals surface area contributed by atoms with Gasteiger partial charge in [0.05, 0.1) is 25.1 Å². The third kappa shape index (κ3) is 3.81. The second kappa shape index (κ2) is 8.08. The number of nitrogens with one attached hydrogen (secondary N) is 2. The topological polar surface area (TPSA) is 53.2 Å². The maximum Gasteiger partial charge on any atom is 0.123 e. The fourth-order valence-electron chi connectivity index (χ4n) is 3.88. The summed E-state index contributed by atoms with van der Waals surface area (Å²) in [6, 6.07) is 6.54. The van der Waals surface area contributed by atoms with E-state index in [4.69, 9.17) is 4.74 Å². The lowest BCUT2D eigenvalue weighted by molar-refractivity contribution is -0.0134. The molecule has 0 unspecified atom stereocenters. The molecule has 2 saturated heterocycles. The molecule has 26 heavy (non-hydrogen) atoms. The van der Waals surface area contributed by atoms with Crippen molar-refractivity contribution in [1.29, 1.82) is 0 Å². The fraction of sp³-hybridized carbons (Fsp3) is 0.526. The van der Waals surface area contributed by atoms with E-state index in [1.807, 2.05) is 18.0 Å². The van der Waals surface area contributed by atoms with Gasteiger partial charge < -0.3 is 10.1 Å². The van der Waals surface area contributed by atoms with E-state index in [0.717, 1.165) is 56.2 Å². The molecular weight excluding hydrogens is 351 g/mol. The molecule has 4 rings (SSSR count). The quantitative estimate of drug-likeness (QED) is 0.811. The first-order chi connectivity index (χ1) is 12.8. The smallest absolute Gasteiger partial charge is 0.123 e. The minimum atomic E-state index is -0.223. The van der Waals surface area contributed by atoms with Crippen LogP contribution in [0, 0.1) is 5.82 Å². The molecule has 3 heterocycles. The second-order valence-corrected chi connectivity index (χ2v) is 8.11. The molecule has 0 aliphatic carbocycles. The summed E-state index contributed by atoms with van der Waals surface area (Å²) in [5.74, 6) is 2.18. The number of morpholine rings is 1. The van der Waals surface area contributed by atoms with Crippen molar-refractivity contribution >= 4 is 11.8 Å². The molecule has 0 amide bonds. The van der Waals surface area contributed by atoms with Gasteiger partial charge in [0.1, 0.15) is 5.82 Å². The summed E-state index contributed by atoms with van der Waals surface area (Å²) in [4.78, 5) is 2.61. The van der Waals surface area contributed by atoms with Gasteiger partial charge in [-0.1, -0.05) is 0 Å². The van der Waals surface area contributed by atoms with Crippen molar-refractivity contribution in [2.75, 3.05) is 44.4 Å². The van der Waals surface area contributed by atoms with Gasteiger partial charge in [-0.2, -0.15) is 16.9 Å². The predicted molar refractivity (Wildman–Crippen MR) is 103 cm³/mol. The van der Waals surface area contributed by atoms with Gasteiger partial charge in [0.25, 0.3) is 0 Å². The number of thioether (sulfide) groups is 1. The molecule has 140 valence electrons. The molecule has 7 heteroatoms. The Morgan fingerprint density at radius 1 is 1.27 bits per heavy atom. The van der Waals surface area contributed by atoms with Crippen LogP contribution in [0.2, 0.25) is 0 Å². The van der Waals surface area contributed by atoms with Crippen LogP contribution in [0.1, 0.15) is 12.0 Å². The first kappa shape index (κ1) is 18.0. The molecule has 0 bridgehead atoms.